The third kappa shape index (κ3) is 4.88. The molecule has 1 aliphatic heterocycles. The summed E-state index contributed by atoms with van der Waals surface area (Å²) in [4.78, 5) is 14.0. The number of amides is 1. The summed E-state index contributed by atoms with van der Waals surface area (Å²) in [6, 6.07) is 3.34. The highest BCUT2D eigenvalue weighted by molar-refractivity contribution is 6.30. The SMILES string of the molecule is O=C(CCN1CCCCC1)Nc1ccc(Cl)cc1C(F)(F)F. The fourth-order valence-corrected chi connectivity index (χ4v) is 2.69. The molecule has 1 aliphatic rings. The number of carbonyl (C=O) groups excluding carboxylic acids is 1. The maximum absolute atomic E-state index is 12.9. The van der Waals surface area contributed by atoms with E-state index in [0.29, 0.717) is 6.54 Å². The molecular formula is C15H18ClF3N2O. The lowest BCUT2D eigenvalue weighted by molar-refractivity contribution is -0.137. The topological polar surface area (TPSA) is 32.3 Å². The summed E-state index contributed by atoms with van der Waals surface area (Å²) in [5, 5.41) is 2.32. The van der Waals surface area contributed by atoms with Crippen molar-refractivity contribution in [2.75, 3.05) is 25.0 Å². The summed E-state index contributed by atoms with van der Waals surface area (Å²) in [7, 11) is 0. The Hall–Kier alpha value is -1.27. The van der Waals surface area contributed by atoms with Crippen LogP contribution in [0.15, 0.2) is 18.2 Å². The third-order valence-corrected chi connectivity index (χ3v) is 3.90. The summed E-state index contributed by atoms with van der Waals surface area (Å²) in [5.41, 5.74) is -1.17. The van der Waals surface area contributed by atoms with Crippen molar-refractivity contribution in [3.8, 4) is 0 Å². The Kier molecular flexibility index (Phi) is 5.69. The van der Waals surface area contributed by atoms with E-state index in [2.05, 4.69) is 10.2 Å². The molecule has 0 atom stereocenters. The van der Waals surface area contributed by atoms with Crippen LogP contribution < -0.4 is 5.32 Å². The van der Waals surface area contributed by atoms with Crippen LogP contribution >= 0.6 is 11.6 Å². The van der Waals surface area contributed by atoms with Crippen molar-refractivity contribution in [1.82, 2.24) is 4.90 Å². The van der Waals surface area contributed by atoms with E-state index in [-0.39, 0.29) is 17.1 Å². The van der Waals surface area contributed by atoms with E-state index in [1.54, 1.807) is 0 Å². The average Bonchev–Trinajstić information content (AvgIpc) is 2.47. The zero-order valence-electron chi connectivity index (χ0n) is 12.0. The van der Waals surface area contributed by atoms with Crippen molar-refractivity contribution in [2.45, 2.75) is 31.9 Å². The minimum absolute atomic E-state index is 0.0151. The van der Waals surface area contributed by atoms with Gasteiger partial charge in [-0.3, -0.25) is 4.79 Å². The first-order chi connectivity index (χ1) is 10.4. The quantitative estimate of drug-likeness (QED) is 0.896. The number of hydrogen-bond donors (Lipinski definition) is 1. The fourth-order valence-electron chi connectivity index (χ4n) is 2.52. The van der Waals surface area contributed by atoms with Crippen LogP contribution in [-0.4, -0.2) is 30.4 Å². The molecule has 0 unspecified atom stereocenters. The molecule has 1 saturated heterocycles. The summed E-state index contributed by atoms with van der Waals surface area (Å²) in [6.07, 6.45) is -0.962. The fraction of sp³-hybridized carbons (Fsp3) is 0.533. The standard InChI is InChI=1S/C15H18ClF3N2O/c16-11-4-5-13(12(10-11)15(17,18)19)20-14(22)6-9-21-7-2-1-3-8-21/h4-5,10H,1-3,6-9H2,(H,20,22). The van der Waals surface area contributed by atoms with Crippen LogP contribution in [0.2, 0.25) is 5.02 Å². The number of piperidine rings is 1. The number of alkyl halides is 3. The highest BCUT2D eigenvalue weighted by atomic mass is 35.5. The van der Waals surface area contributed by atoms with E-state index in [0.717, 1.165) is 32.0 Å². The second kappa shape index (κ2) is 7.33. The molecule has 1 fully saturated rings. The number of halogens is 4. The Labute approximate surface area is 132 Å². The number of hydrogen-bond acceptors (Lipinski definition) is 2. The van der Waals surface area contributed by atoms with Gasteiger partial charge in [0.25, 0.3) is 0 Å². The van der Waals surface area contributed by atoms with E-state index in [4.69, 9.17) is 11.6 Å². The highest BCUT2D eigenvalue weighted by Gasteiger charge is 2.34. The van der Waals surface area contributed by atoms with E-state index >= 15 is 0 Å². The van der Waals surface area contributed by atoms with Gasteiger partial charge in [0.1, 0.15) is 0 Å². The van der Waals surface area contributed by atoms with Gasteiger partial charge in [0.05, 0.1) is 11.3 Å². The third-order valence-electron chi connectivity index (χ3n) is 3.66. The molecular weight excluding hydrogens is 317 g/mol. The number of nitrogens with zero attached hydrogens (tertiary/aromatic N) is 1. The van der Waals surface area contributed by atoms with Gasteiger partial charge in [-0.25, -0.2) is 0 Å². The number of rotatable bonds is 4. The molecule has 0 aliphatic carbocycles. The van der Waals surface area contributed by atoms with Gasteiger partial charge >= 0.3 is 6.18 Å². The van der Waals surface area contributed by atoms with Crippen molar-refractivity contribution >= 4 is 23.2 Å². The Bertz CT molecular complexity index is 528. The van der Waals surface area contributed by atoms with E-state index in [1.165, 1.54) is 18.6 Å². The largest absolute Gasteiger partial charge is 0.418 e. The molecule has 122 valence electrons. The molecule has 1 N–H and O–H groups in total. The lowest BCUT2D eigenvalue weighted by Crippen LogP contribution is -2.32. The normalized spacial score (nSPS) is 16.5. The Morgan fingerprint density at radius 1 is 1.23 bits per heavy atom. The van der Waals surface area contributed by atoms with Crippen LogP contribution in [0, 0.1) is 0 Å². The second-order valence-corrected chi connectivity index (χ2v) is 5.82. The summed E-state index contributed by atoms with van der Waals surface area (Å²) >= 11 is 5.60. The predicted octanol–water partition coefficient (Wildman–Crippen LogP) is 4.17. The number of benzene rings is 1. The molecule has 2 rings (SSSR count). The van der Waals surface area contributed by atoms with Gasteiger partial charge in [-0.2, -0.15) is 13.2 Å². The first-order valence-electron chi connectivity index (χ1n) is 7.25. The Balaban J connectivity index is 1.96. The molecule has 1 aromatic carbocycles. The lowest BCUT2D eigenvalue weighted by atomic mass is 10.1. The average molecular weight is 335 g/mol. The smallest absolute Gasteiger partial charge is 0.325 e. The maximum Gasteiger partial charge on any atom is 0.418 e. The van der Waals surface area contributed by atoms with E-state index < -0.39 is 17.6 Å². The predicted molar refractivity (Wildman–Crippen MR) is 80.0 cm³/mol. The van der Waals surface area contributed by atoms with Crippen LogP contribution in [0.1, 0.15) is 31.2 Å². The van der Waals surface area contributed by atoms with Gasteiger partial charge in [0.2, 0.25) is 5.91 Å². The molecule has 0 saturated carbocycles. The highest BCUT2D eigenvalue weighted by Crippen LogP contribution is 2.36. The zero-order valence-corrected chi connectivity index (χ0v) is 12.8. The van der Waals surface area contributed by atoms with Crippen LogP contribution in [0.3, 0.4) is 0 Å². The number of likely N-dealkylation sites (tertiary alicyclic amines) is 1. The van der Waals surface area contributed by atoms with Crippen LogP contribution in [0.4, 0.5) is 18.9 Å². The van der Waals surface area contributed by atoms with Gasteiger partial charge in [-0.15, -0.1) is 0 Å². The number of carbonyl (C=O) groups is 1. The Morgan fingerprint density at radius 3 is 2.55 bits per heavy atom. The van der Waals surface area contributed by atoms with Crippen LogP contribution in [0.25, 0.3) is 0 Å². The molecule has 22 heavy (non-hydrogen) atoms. The minimum Gasteiger partial charge on any atom is -0.325 e. The molecule has 1 amide bonds. The van der Waals surface area contributed by atoms with Crippen molar-refractivity contribution in [2.24, 2.45) is 0 Å². The molecule has 0 bridgehead atoms. The van der Waals surface area contributed by atoms with Gasteiger partial charge < -0.3 is 10.2 Å². The molecule has 7 heteroatoms. The first kappa shape index (κ1) is 17.1. The number of anilines is 1. The zero-order chi connectivity index (χ0) is 16.2. The molecule has 1 aromatic rings. The summed E-state index contributed by atoms with van der Waals surface area (Å²) in [5.74, 6) is -0.418. The Morgan fingerprint density at radius 2 is 1.91 bits per heavy atom. The van der Waals surface area contributed by atoms with Crippen molar-refractivity contribution in [3.05, 3.63) is 28.8 Å². The molecule has 3 nitrogen and oxygen atoms in total. The molecule has 1 heterocycles. The monoisotopic (exact) mass is 334 g/mol. The van der Waals surface area contributed by atoms with E-state index in [9.17, 15) is 18.0 Å². The van der Waals surface area contributed by atoms with Gasteiger partial charge in [-0.05, 0) is 44.1 Å². The van der Waals surface area contributed by atoms with Gasteiger partial charge in [-0.1, -0.05) is 18.0 Å². The first-order valence-corrected chi connectivity index (χ1v) is 7.63. The maximum atomic E-state index is 12.9. The minimum atomic E-state index is -4.56. The second-order valence-electron chi connectivity index (χ2n) is 5.39. The molecule has 0 spiro atoms. The number of nitrogens with one attached hydrogen (secondary N) is 1. The van der Waals surface area contributed by atoms with Crippen molar-refractivity contribution < 1.29 is 18.0 Å². The molecule has 0 radical (unpaired) electrons. The summed E-state index contributed by atoms with van der Waals surface area (Å²) < 4.78 is 38.8. The summed E-state index contributed by atoms with van der Waals surface area (Å²) in [6.45, 7) is 2.46. The van der Waals surface area contributed by atoms with Gasteiger partial charge in [0.15, 0.2) is 0 Å². The molecule has 0 aromatic heterocycles. The van der Waals surface area contributed by atoms with Crippen molar-refractivity contribution in [3.63, 3.8) is 0 Å². The van der Waals surface area contributed by atoms with E-state index in [1.807, 2.05) is 0 Å². The van der Waals surface area contributed by atoms with Crippen LogP contribution in [0.5, 0.6) is 0 Å². The van der Waals surface area contributed by atoms with Crippen LogP contribution in [-0.2, 0) is 11.0 Å². The van der Waals surface area contributed by atoms with Gasteiger partial charge in [0, 0.05) is 18.0 Å². The lowest BCUT2D eigenvalue weighted by Gasteiger charge is -2.26. The van der Waals surface area contributed by atoms with Crippen molar-refractivity contribution in [1.29, 1.82) is 0 Å².